The van der Waals surface area contributed by atoms with Crippen LogP contribution in [0.15, 0.2) is 82.6 Å². The van der Waals surface area contributed by atoms with Crippen LogP contribution in [0.2, 0.25) is 0 Å². The summed E-state index contributed by atoms with van der Waals surface area (Å²) in [6.45, 7) is 3.96. The van der Waals surface area contributed by atoms with E-state index in [9.17, 15) is 19.7 Å². The fraction of sp³-hybridized carbons (Fsp3) is 0.0870. The van der Waals surface area contributed by atoms with Gasteiger partial charge in [-0.3, -0.25) is 24.3 Å². The van der Waals surface area contributed by atoms with Crippen molar-refractivity contribution in [2.24, 2.45) is 0 Å². The first kappa shape index (κ1) is 22.4. The Balaban J connectivity index is 1.62. The van der Waals surface area contributed by atoms with Crippen LogP contribution in [0.25, 0.3) is 21.3 Å². The van der Waals surface area contributed by atoms with E-state index in [0.717, 1.165) is 22.9 Å². The highest BCUT2D eigenvalue weighted by atomic mass is 32.2. The van der Waals surface area contributed by atoms with Gasteiger partial charge in [-0.25, -0.2) is 4.98 Å². The number of para-hydroxylation sites is 2. The molecule has 33 heavy (non-hydrogen) atoms. The molecule has 1 N–H and O–H groups in total. The summed E-state index contributed by atoms with van der Waals surface area (Å²) in [5, 5.41) is 16.5. The normalized spacial score (nSPS) is 10.8. The second-order valence-electron chi connectivity index (χ2n) is 6.91. The molecular formula is C23H18N4O4S2. The molecule has 0 aliphatic heterocycles. The lowest BCUT2D eigenvalue weighted by atomic mass is 10.1. The first-order valence-corrected chi connectivity index (χ1v) is 11.7. The third-order valence-corrected chi connectivity index (χ3v) is 6.61. The van der Waals surface area contributed by atoms with Crippen LogP contribution < -0.4 is 10.9 Å². The number of carbonyl (C=O) groups is 1. The second-order valence-corrected chi connectivity index (χ2v) is 8.71. The monoisotopic (exact) mass is 478 g/mol. The Hall–Kier alpha value is -3.76. The number of nitrogens with zero attached hydrogens (tertiary/aromatic N) is 3. The molecule has 2 heterocycles. The van der Waals surface area contributed by atoms with Crippen molar-refractivity contribution >= 4 is 50.6 Å². The van der Waals surface area contributed by atoms with Crippen LogP contribution in [0.4, 0.5) is 11.4 Å². The maximum atomic E-state index is 13.3. The summed E-state index contributed by atoms with van der Waals surface area (Å²) < 4.78 is 1.48. The van der Waals surface area contributed by atoms with Gasteiger partial charge in [-0.1, -0.05) is 60.3 Å². The Morgan fingerprint density at radius 1 is 1.21 bits per heavy atom. The molecule has 2 aromatic heterocycles. The number of hydrogen-bond acceptors (Lipinski definition) is 7. The van der Waals surface area contributed by atoms with Crippen molar-refractivity contribution in [1.29, 1.82) is 0 Å². The Labute approximate surface area is 196 Å². The zero-order chi connectivity index (χ0) is 23.4. The molecule has 0 saturated heterocycles. The van der Waals surface area contributed by atoms with Gasteiger partial charge in [0.15, 0.2) is 5.16 Å². The number of hydrogen-bond donors (Lipinski definition) is 1. The molecule has 1 amide bonds. The smallest absolute Gasteiger partial charge is 0.292 e. The van der Waals surface area contributed by atoms with Gasteiger partial charge < -0.3 is 5.32 Å². The van der Waals surface area contributed by atoms with Gasteiger partial charge in [0.25, 0.3) is 11.2 Å². The van der Waals surface area contributed by atoms with E-state index in [1.807, 2.05) is 35.7 Å². The number of benzene rings is 2. The first-order valence-electron chi connectivity index (χ1n) is 9.84. The average molecular weight is 479 g/mol. The molecule has 8 nitrogen and oxygen atoms in total. The summed E-state index contributed by atoms with van der Waals surface area (Å²) in [5.41, 5.74) is 1.46. The molecule has 0 aliphatic carbocycles. The highest BCUT2D eigenvalue weighted by Crippen LogP contribution is 2.32. The number of anilines is 1. The van der Waals surface area contributed by atoms with Gasteiger partial charge in [-0.15, -0.1) is 17.9 Å². The fourth-order valence-corrected chi connectivity index (χ4v) is 5.09. The summed E-state index contributed by atoms with van der Waals surface area (Å²) in [7, 11) is 0. The first-order chi connectivity index (χ1) is 16.0. The van der Waals surface area contributed by atoms with Crippen LogP contribution >= 0.6 is 23.1 Å². The number of nitrogens with one attached hydrogen (secondary N) is 1. The van der Waals surface area contributed by atoms with Crippen molar-refractivity contribution in [1.82, 2.24) is 9.55 Å². The topological polar surface area (TPSA) is 107 Å². The van der Waals surface area contributed by atoms with Gasteiger partial charge in [0.2, 0.25) is 5.91 Å². The predicted octanol–water partition coefficient (Wildman–Crippen LogP) is 4.95. The molecule has 0 atom stereocenters. The number of fused-ring (bicyclic) bond motifs is 1. The molecule has 166 valence electrons. The van der Waals surface area contributed by atoms with Gasteiger partial charge >= 0.3 is 0 Å². The van der Waals surface area contributed by atoms with E-state index in [0.29, 0.717) is 15.4 Å². The molecule has 0 aliphatic rings. The molecular weight excluding hydrogens is 460 g/mol. The summed E-state index contributed by atoms with van der Waals surface area (Å²) in [6, 6.07) is 15.5. The number of thioether (sulfide) groups is 1. The number of amides is 1. The zero-order valence-electron chi connectivity index (χ0n) is 17.3. The van der Waals surface area contributed by atoms with E-state index in [2.05, 4.69) is 16.9 Å². The van der Waals surface area contributed by atoms with Crippen molar-refractivity contribution in [2.45, 2.75) is 11.7 Å². The Morgan fingerprint density at radius 2 is 1.94 bits per heavy atom. The summed E-state index contributed by atoms with van der Waals surface area (Å²) in [6.07, 6.45) is 1.60. The summed E-state index contributed by atoms with van der Waals surface area (Å²) in [4.78, 5) is 41.6. The van der Waals surface area contributed by atoms with Crippen molar-refractivity contribution in [3.63, 3.8) is 0 Å². The number of nitro groups is 1. The molecule has 2 aromatic carbocycles. The van der Waals surface area contributed by atoms with Crippen molar-refractivity contribution in [3.05, 3.63) is 93.1 Å². The average Bonchev–Trinajstić information content (AvgIpc) is 3.25. The van der Waals surface area contributed by atoms with E-state index >= 15 is 0 Å². The lowest BCUT2D eigenvalue weighted by Crippen LogP contribution is -2.23. The third-order valence-electron chi connectivity index (χ3n) is 4.76. The molecule has 0 saturated carbocycles. The van der Waals surface area contributed by atoms with Crippen LogP contribution in [-0.2, 0) is 11.3 Å². The number of rotatable bonds is 8. The number of aromatic nitrogens is 2. The molecule has 0 fully saturated rings. The summed E-state index contributed by atoms with van der Waals surface area (Å²) in [5.74, 6) is -0.511. The van der Waals surface area contributed by atoms with Gasteiger partial charge in [-0.05, 0) is 11.6 Å². The van der Waals surface area contributed by atoms with E-state index in [1.165, 1.54) is 34.1 Å². The van der Waals surface area contributed by atoms with E-state index in [-0.39, 0.29) is 29.2 Å². The highest BCUT2D eigenvalue weighted by molar-refractivity contribution is 7.99. The molecule has 10 heteroatoms. The molecule has 4 aromatic rings. The maximum Gasteiger partial charge on any atom is 0.292 e. The van der Waals surface area contributed by atoms with Gasteiger partial charge in [0.05, 0.1) is 16.1 Å². The highest BCUT2D eigenvalue weighted by Gasteiger charge is 2.19. The van der Waals surface area contributed by atoms with Crippen LogP contribution in [0.1, 0.15) is 0 Å². The Kier molecular flexibility index (Phi) is 6.66. The Morgan fingerprint density at radius 3 is 2.67 bits per heavy atom. The van der Waals surface area contributed by atoms with Crippen molar-refractivity contribution < 1.29 is 9.72 Å². The van der Waals surface area contributed by atoms with Crippen LogP contribution in [0.5, 0.6) is 0 Å². The zero-order valence-corrected chi connectivity index (χ0v) is 18.9. The van der Waals surface area contributed by atoms with E-state index in [4.69, 9.17) is 0 Å². The number of thiophene rings is 1. The third kappa shape index (κ3) is 4.71. The lowest BCUT2D eigenvalue weighted by Gasteiger charge is -2.11. The van der Waals surface area contributed by atoms with Crippen molar-refractivity contribution in [2.75, 3.05) is 11.1 Å². The largest absolute Gasteiger partial charge is 0.320 e. The number of nitro benzene ring substituents is 1. The van der Waals surface area contributed by atoms with Gasteiger partial charge in [-0.2, -0.15) is 0 Å². The molecule has 0 unspecified atom stereocenters. The minimum Gasteiger partial charge on any atom is -0.320 e. The minimum absolute atomic E-state index is 0.0714. The van der Waals surface area contributed by atoms with Crippen molar-refractivity contribution in [3.8, 4) is 11.1 Å². The molecule has 0 bridgehead atoms. The number of allylic oxidation sites excluding steroid dienone is 1. The summed E-state index contributed by atoms with van der Waals surface area (Å²) >= 11 is 2.46. The number of carbonyl (C=O) groups excluding carboxylic acids is 1. The fourth-order valence-electron chi connectivity index (χ4n) is 3.29. The molecule has 4 rings (SSSR count). The molecule has 0 radical (unpaired) electrons. The SMILES string of the molecule is C=CCn1c(SCC(=O)Nc2ccccc2[N+](=O)[O-])nc2scc(-c3ccccc3)c2c1=O. The standard InChI is InChI=1S/C23H18N4O4S2/c1-2-12-26-22(29)20-16(15-8-4-3-5-9-15)13-32-21(20)25-23(26)33-14-19(28)24-17-10-6-7-11-18(17)27(30)31/h2-11,13H,1,12,14H2,(H,24,28). The Bertz CT molecular complexity index is 1410. The van der Waals surface area contributed by atoms with Crippen LogP contribution in [0, 0.1) is 10.1 Å². The van der Waals surface area contributed by atoms with Gasteiger partial charge in [0, 0.05) is 23.6 Å². The quantitative estimate of drug-likeness (QED) is 0.126. The predicted molar refractivity (Wildman–Crippen MR) is 132 cm³/mol. The van der Waals surface area contributed by atoms with Gasteiger partial charge in [0.1, 0.15) is 10.5 Å². The maximum absolute atomic E-state index is 13.3. The van der Waals surface area contributed by atoms with Crippen LogP contribution in [-0.4, -0.2) is 26.1 Å². The van der Waals surface area contributed by atoms with Crippen LogP contribution in [0.3, 0.4) is 0 Å². The molecule has 0 spiro atoms. The second kappa shape index (κ2) is 9.80. The lowest BCUT2D eigenvalue weighted by molar-refractivity contribution is -0.383. The van der Waals surface area contributed by atoms with E-state index < -0.39 is 10.8 Å². The van der Waals surface area contributed by atoms with E-state index in [1.54, 1.807) is 12.1 Å². The minimum atomic E-state index is -0.554.